The van der Waals surface area contributed by atoms with Gasteiger partial charge >= 0.3 is 6.09 Å². The van der Waals surface area contributed by atoms with Gasteiger partial charge in [0.1, 0.15) is 17.3 Å². The van der Waals surface area contributed by atoms with Gasteiger partial charge in [-0.05, 0) is 61.5 Å². The number of nitrogens with one attached hydrogen (secondary N) is 2. The van der Waals surface area contributed by atoms with E-state index < -0.39 is 17.7 Å². The molecule has 0 unspecified atom stereocenters. The number of hydrogen-bond acceptors (Lipinski definition) is 5. The van der Waals surface area contributed by atoms with Crippen LogP contribution in [0.1, 0.15) is 52.9 Å². The summed E-state index contributed by atoms with van der Waals surface area (Å²) in [7, 11) is 0. The van der Waals surface area contributed by atoms with E-state index in [9.17, 15) is 9.59 Å². The van der Waals surface area contributed by atoms with Gasteiger partial charge in [-0.2, -0.15) is 0 Å². The average molecular weight is 520 g/mol. The lowest BCUT2D eigenvalue weighted by Crippen LogP contribution is -2.57. The van der Waals surface area contributed by atoms with Crippen LogP contribution >= 0.6 is 15.9 Å². The Morgan fingerprint density at radius 3 is 2.55 bits per heavy atom. The van der Waals surface area contributed by atoms with E-state index in [4.69, 9.17) is 4.74 Å². The van der Waals surface area contributed by atoms with Gasteiger partial charge in [0.2, 0.25) is 5.91 Å². The topological polar surface area (TPSA) is 90.6 Å². The van der Waals surface area contributed by atoms with Gasteiger partial charge in [0.25, 0.3) is 0 Å². The molecule has 2 aromatic heterocycles. The van der Waals surface area contributed by atoms with Crippen LogP contribution in [0.4, 0.5) is 10.5 Å². The van der Waals surface area contributed by atoms with Crippen LogP contribution in [0.25, 0.3) is 11.0 Å². The first kappa shape index (κ1) is 23.9. The summed E-state index contributed by atoms with van der Waals surface area (Å²) in [5.74, 6) is 0.165. The van der Waals surface area contributed by atoms with Crippen LogP contribution in [0.3, 0.4) is 0 Å². The molecule has 33 heavy (non-hydrogen) atoms. The van der Waals surface area contributed by atoms with Crippen LogP contribution in [0.2, 0.25) is 0 Å². The minimum atomic E-state index is -0.600. The number of fused-ring (bicyclic) bond motifs is 1. The number of nitrogens with zero attached hydrogens (tertiary/aromatic N) is 3. The molecule has 1 aliphatic carbocycles. The number of carbonyl (C=O) groups excluding carboxylic acids is 2. The third-order valence-electron chi connectivity index (χ3n) is 6.48. The summed E-state index contributed by atoms with van der Waals surface area (Å²) in [6.07, 6.45) is 8.50. The molecule has 4 rings (SSSR count). The summed E-state index contributed by atoms with van der Waals surface area (Å²) < 4.78 is 6.42. The van der Waals surface area contributed by atoms with Crippen LogP contribution < -0.4 is 10.2 Å². The van der Waals surface area contributed by atoms with E-state index in [1.165, 1.54) is 6.42 Å². The second-order valence-electron chi connectivity index (χ2n) is 10.0. The van der Waals surface area contributed by atoms with Gasteiger partial charge in [-0.25, -0.2) is 9.78 Å². The number of carbonyl (C=O) groups is 2. The molecule has 1 saturated carbocycles. The molecule has 2 aromatic rings. The zero-order valence-electron chi connectivity index (χ0n) is 19.7. The molecule has 2 fully saturated rings. The predicted octanol–water partition coefficient (Wildman–Crippen LogP) is 4.45. The van der Waals surface area contributed by atoms with E-state index in [-0.39, 0.29) is 11.8 Å². The molecule has 0 bridgehead atoms. The molecule has 2 amide bonds. The SMILES string of the molecule is CC(C)(C)OC(=O)N[C@@H](C(=O)N1CCN(c2c(Br)cnc3[nH]ccc23)CC1)C1CCCCC1. The Kier molecular flexibility index (Phi) is 7.16. The second kappa shape index (κ2) is 9.91. The minimum absolute atomic E-state index is 0.00740. The molecule has 1 saturated heterocycles. The molecule has 1 aliphatic heterocycles. The third kappa shape index (κ3) is 5.62. The predicted molar refractivity (Wildman–Crippen MR) is 132 cm³/mol. The summed E-state index contributed by atoms with van der Waals surface area (Å²) in [4.78, 5) is 37.9. The molecule has 180 valence electrons. The number of pyridine rings is 1. The van der Waals surface area contributed by atoms with Crippen LogP contribution in [0.5, 0.6) is 0 Å². The first-order valence-electron chi connectivity index (χ1n) is 11.9. The summed E-state index contributed by atoms with van der Waals surface area (Å²) in [6, 6.07) is 1.50. The maximum absolute atomic E-state index is 13.6. The Labute approximate surface area is 203 Å². The number of hydrogen-bond donors (Lipinski definition) is 2. The van der Waals surface area contributed by atoms with E-state index in [0.717, 1.165) is 60.0 Å². The van der Waals surface area contributed by atoms with Crippen molar-refractivity contribution >= 4 is 44.7 Å². The van der Waals surface area contributed by atoms with Crippen LogP contribution in [-0.2, 0) is 9.53 Å². The smallest absolute Gasteiger partial charge is 0.408 e. The molecule has 2 N–H and O–H groups in total. The van der Waals surface area contributed by atoms with Crippen LogP contribution in [0.15, 0.2) is 22.9 Å². The van der Waals surface area contributed by atoms with Gasteiger partial charge in [-0.15, -0.1) is 0 Å². The molecule has 2 aliphatic rings. The molecule has 0 aromatic carbocycles. The van der Waals surface area contributed by atoms with Gasteiger partial charge in [-0.3, -0.25) is 4.79 Å². The molecule has 0 spiro atoms. The fourth-order valence-corrected chi connectivity index (χ4v) is 5.49. The number of alkyl carbamates (subject to hydrolysis) is 1. The van der Waals surface area contributed by atoms with Crippen molar-refractivity contribution in [3.8, 4) is 0 Å². The number of anilines is 1. The van der Waals surface area contributed by atoms with Gasteiger partial charge in [-0.1, -0.05) is 19.3 Å². The zero-order valence-corrected chi connectivity index (χ0v) is 21.3. The monoisotopic (exact) mass is 519 g/mol. The van der Waals surface area contributed by atoms with Gasteiger partial charge in [0, 0.05) is 44.0 Å². The lowest BCUT2D eigenvalue weighted by molar-refractivity contribution is -0.135. The number of amides is 2. The Morgan fingerprint density at radius 1 is 1.18 bits per heavy atom. The summed E-state index contributed by atoms with van der Waals surface area (Å²) in [5, 5.41) is 3.99. The molecule has 9 heteroatoms. The first-order chi connectivity index (χ1) is 15.7. The Morgan fingerprint density at radius 2 is 1.88 bits per heavy atom. The van der Waals surface area contributed by atoms with Crippen molar-refractivity contribution in [1.29, 1.82) is 0 Å². The normalized spacial score (nSPS) is 18.9. The van der Waals surface area contributed by atoms with Crippen molar-refractivity contribution in [3.05, 3.63) is 22.9 Å². The highest BCUT2D eigenvalue weighted by atomic mass is 79.9. The molecule has 3 heterocycles. The lowest BCUT2D eigenvalue weighted by Gasteiger charge is -2.40. The Balaban J connectivity index is 1.45. The number of rotatable bonds is 4. The van der Waals surface area contributed by atoms with Crippen LogP contribution in [-0.4, -0.2) is 64.7 Å². The average Bonchev–Trinajstić information content (AvgIpc) is 3.25. The van der Waals surface area contributed by atoms with Crippen molar-refractivity contribution in [2.75, 3.05) is 31.1 Å². The van der Waals surface area contributed by atoms with Crippen molar-refractivity contribution in [2.45, 2.75) is 64.5 Å². The summed E-state index contributed by atoms with van der Waals surface area (Å²) in [5.41, 5.74) is 1.35. The second-order valence-corrected chi connectivity index (χ2v) is 10.9. The number of H-pyrrole nitrogens is 1. The van der Waals surface area contributed by atoms with Crippen LogP contribution in [0, 0.1) is 5.92 Å². The van der Waals surface area contributed by atoms with E-state index in [1.54, 1.807) is 0 Å². The van der Waals surface area contributed by atoms with Gasteiger partial charge in [0.15, 0.2) is 0 Å². The van der Waals surface area contributed by atoms with E-state index in [1.807, 2.05) is 44.1 Å². The van der Waals surface area contributed by atoms with Crippen molar-refractivity contribution < 1.29 is 14.3 Å². The van der Waals surface area contributed by atoms with Crippen molar-refractivity contribution in [2.24, 2.45) is 5.92 Å². The van der Waals surface area contributed by atoms with Crippen molar-refractivity contribution in [1.82, 2.24) is 20.2 Å². The molecule has 0 radical (unpaired) electrons. The molecular weight excluding hydrogens is 486 g/mol. The van der Waals surface area contributed by atoms with Gasteiger partial charge < -0.3 is 24.8 Å². The highest BCUT2D eigenvalue weighted by molar-refractivity contribution is 9.10. The highest BCUT2D eigenvalue weighted by Crippen LogP contribution is 2.34. The van der Waals surface area contributed by atoms with E-state index >= 15 is 0 Å². The first-order valence-corrected chi connectivity index (χ1v) is 12.7. The Bertz CT molecular complexity index is 988. The number of aromatic amines is 1. The zero-order chi connectivity index (χ0) is 23.6. The number of ether oxygens (including phenoxy) is 1. The van der Waals surface area contributed by atoms with Gasteiger partial charge in [0.05, 0.1) is 10.2 Å². The fraction of sp³-hybridized carbons (Fsp3) is 0.625. The van der Waals surface area contributed by atoms with E-state index in [0.29, 0.717) is 13.1 Å². The number of aromatic nitrogens is 2. The Hall–Kier alpha value is -2.29. The third-order valence-corrected chi connectivity index (χ3v) is 7.06. The lowest BCUT2D eigenvalue weighted by atomic mass is 9.83. The fourth-order valence-electron chi connectivity index (χ4n) is 4.92. The summed E-state index contributed by atoms with van der Waals surface area (Å²) in [6.45, 7) is 8.17. The summed E-state index contributed by atoms with van der Waals surface area (Å²) >= 11 is 3.65. The number of piperazine rings is 1. The largest absolute Gasteiger partial charge is 0.444 e. The molecule has 1 atom stereocenters. The minimum Gasteiger partial charge on any atom is -0.444 e. The maximum atomic E-state index is 13.6. The van der Waals surface area contributed by atoms with Crippen molar-refractivity contribution in [3.63, 3.8) is 0 Å². The van der Waals surface area contributed by atoms with E-state index in [2.05, 4.69) is 36.1 Å². The molecular formula is C24H34BrN5O3. The standard InChI is InChI=1S/C24H34BrN5O3/c1-24(2,3)33-23(32)28-19(16-7-5-4-6-8-16)22(31)30-13-11-29(12-14-30)20-17-9-10-26-21(17)27-15-18(20)25/h9-10,15-16,19H,4-8,11-14H2,1-3H3,(H,26,27)(H,28,32)/t19-/m1/s1. The number of halogens is 1. The maximum Gasteiger partial charge on any atom is 0.408 e. The molecule has 8 nitrogen and oxygen atoms in total. The quantitative estimate of drug-likeness (QED) is 0.622. The highest BCUT2D eigenvalue weighted by Gasteiger charge is 2.36.